The van der Waals surface area contributed by atoms with E-state index in [1.807, 2.05) is 13.8 Å². The average molecular weight is 413 g/mol. The molecule has 0 fully saturated rings. The van der Waals surface area contributed by atoms with Crippen LogP contribution in [0.3, 0.4) is 0 Å². The lowest BCUT2D eigenvalue weighted by atomic mass is 9.68. The van der Waals surface area contributed by atoms with Crippen LogP contribution in [0.4, 0.5) is 0 Å². The van der Waals surface area contributed by atoms with Crippen molar-refractivity contribution in [2.75, 3.05) is 0 Å². The number of hydrogen-bond acceptors (Lipinski definition) is 0. The molecule has 4 aromatic rings. The van der Waals surface area contributed by atoms with Crippen molar-refractivity contribution in [3.8, 4) is 11.1 Å². The van der Waals surface area contributed by atoms with Crippen LogP contribution < -0.4 is 0 Å². The predicted octanol–water partition coefficient (Wildman–Crippen LogP) is 9.62. The Balaban J connectivity index is 0.00000146. The normalized spacial score (nSPS) is 11.4. The average Bonchev–Trinajstić information content (AvgIpc) is 3.08. The molecule has 1 aliphatic rings. The summed E-state index contributed by atoms with van der Waals surface area (Å²) in [6, 6.07) is 39.5. The molecule has 0 amide bonds. The highest BCUT2D eigenvalue weighted by Crippen LogP contribution is 2.55. The van der Waals surface area contributed by atoms with Gasteiger partial charge in [0.2, 0.25) is 0 Å². The summed E-state index contributed by atoms with van der Waals surface area (Å²) in [7, 11) is 0. The van der Waals surface area contributed by atoms with E-state index in [0.717, 1.165) is 0 Å². The third kappa shape index (κ3) is 4.21. The SMILES string of the molecule is C.C.C.C.CC.c1ccc(C2(c3ccccc3)c3ccccc3-c3ccccc32)cc1. The van der Waals surface area contributed by atoms with Crippen LogP contribution in [0.1, 0.15) is 65.8 Å². The molecule has 0 unspecified atom stereocenters. The lowest BCUT2D eigenvalue weighted by Gasteiger charge is -2.33. The third-order valence-corrected chi connectivity index (χ3v) is 5.37. The first-order valence-electron chi connectivity index (χ1n) is 9.73. The minimum absolute atomic E-state index is 0. The van der Waals surface area contributed by atoms with Gasteiger partial charge in [0.25, 0.3) is 0 Å². The second-order valence-electron chi connectivity index (χ2n) is 6.57. The summed E-state index contributed by atoms with van der Waals surface area (Å²) < 4.78 is 0. The number of benzene rings is 4. The van der Waals surface area contributed by atoms with E-state index in [0.29, 0.717) is 0 Å². The topological polar surface area (TPSA) is 0 Å². The molecule has 31 heavy (non-hydrogen) atoms. The minimum Gasteiger partial charge on any atom is -0.0776 e. The maximum atomic E-state index is 2.29. The first kappa shape index (κ1) is 27.9. The van der Waals surface area contributed by atoms with Gasteiger partial charge in [-0.3, -0.25) is 0 Å². The maximum Gasteiger partial charge on any atom is 0.0713 e. The van der Waals surface area contributed by atoms with Gasteiger partial charge in [-0.1, -0.05) is 153 Å². The van der Waals surface area contributed by atoms with Gasteiger partial charge in [0.1, 0.15) is 0 Å². The van der Waals surface area contributed by atoms with Crippen molar-refractivity contribution < 1.29 is 0 Å². The summed E-state index contributed by atoms with van der Waals surface area (Å²) >= 11 is 0. The quantitative estimate of drug-likeness (QED) is 0.271. The highest BCUT2D eigenvalue weighted by molar-refractivity contribution is 5.86. The molecule has 0 saturated heterocycles. The number of rotatable bonds is 2. The van der Waals surface area contributed by atoms with E-state index in [4.69, 9.17) is 0 Å². The molecule has 164 valence electrons. The Morgan fingerprint density at radius 1 is 0.387 bits per heavy atom. The van der Waals surface area contributed by atoms with Gasteiger partial charge in [-0.25, -0.2) is 0 Å². The Kier molecular flexibility index (Phi) is 10.7. The molecule has 0 bridgehead atoms. The van der Waals surface area contributed by atoms with E-state index in [9.17, 15) is 0 Å². The molecule has 0 atom stereocenters. The van der Waals surface area contributed by atoms with Crippen LogP contribution in [0.25, 0.3) is 11.1 Å². The Hall–Kier alpha value is -3.12. The lowest BCUT2D eigenvalue weighted by molar-refractivity contribution is 0.768. The van der Waals surface area contributed by atoms with Gasteiger partial charge in [-0.05, 0) is 33.4 Å². The summed E-state index contributed by atoms with van der Waals surface area (Å²) in [4.78, 5) is 0. The zero-order chi connectivity index (χ0) is 18.7. The first-order valence-corrected chi connectivity index (χ1v) is 9.73. The van der Waals surface area contributed by atoms with Crippen molar-refractivity contribution >= 4 is 0 Å². The van der Waals surface area contributed by atoms with Crippen LogP contribution in [0.5, 0.6) is 0 Å². The zero-order valence-corrected chi connectivity index (χ0v) is 15.9. The summed E-state index contributed by atoms with van der Waals surface area (Å²) in [5.74, 6) is 0. The van der Waals surface area contributed by atoms with E-state index in [1.165, 1.54) is 33.4 Å². The molecule has 0 saturated carbocycles. The van der Waals surface area contributed by atoms with Crippen LogP contribution >= 0.6 is 0 Å². The maximum absolute atomic E-state index is 2.29. The van der Waals surface area contributed by atoms with Gasteiger partial charge in [0.05, 0.1) is 5.41 Å². The van der Waals surface area contributed by atoms with Crippen LogP contribution in [0.15, 0.2) is 109 Å². The molecule has 0 aromatic heterocycles. The predicted molar refractivity (Wildman–Crippen MR) is 142 cm³/mol. The number of hydrogen-bond donors (Lipinski definition) is 0. The van der Waals surface area contributed by atoms with Gasteiger partial charge in [0.15, 0.2) is 0 Å². The van der Waals surface area contributed by atoms with Gasteiger partial charge in [-0.2, -0.15) is 0 Å². The van der Waals surface area contributed by atoms with Crippen LogP contribution in [-0.2, 0) is 5.41 Å². The van der Waals surface area contributed by atoms with Gasteiger partial charge >= 0.3 is 0 Å². The molecule has 0 N–H and O–H groups in total. The number of fused-ring (bicyclic) bond motifs is 3. The van der Waals surface area contributed by atoms with Gasteiger partial charge in [0, 0.05) is 0 Å². The van der Waals surface area contributed by atoms with Crippen LogP contribution in [0, 0.1) is 0 Å². The van der Waals surface area contributed by atoms with Crippen molar-refractivity contribution in [3.05, 3.63) is 131 Å². The fourth-order valence-corrected chi connectivity index (χ4v) is 4.40. The monoisotopic (exact) mass is 412 g/mol. The summed E-state index contributed by atoms with van der Waals surface area (Å²) in [6.07, 6.45) is 0. The minimum atomic E-state index is -0.254. The summed E-state index contributed by atoms with van der Waals surface area (Å²) in [6.45, 7) is 4.00. The molecular formula is C31H40. The molecule has 0 aliphatic heterocycles. The summed E-state index contributed by atoms with van der Waals surface area (Å²) in [5.41, 5.74) is 7.80. The fourth-order valence-electron chi connectivity index (χ4n) is 4.40. The Morgan fingerprint density at radius 3 is 1.03 bits per heavy atom. The van der Waals surface area contributed by atoms with Crippen molar-refractivity contribution in [1.82, 2.24) is 0 Å². The van der Waals surface area contributed by atoms with E-state index in [1.54, 1.807) is 0 Å². The molecule has 0 heteroatoms. The molecule has 4 aromatic carbocycles. The molecule has 0 spiro atoms. The Labute approximate surface area is 191 Å². The van der Waals surface area contributed by atoms with Crippen molar-refractivity contribution in [2.45, 2.75) is 49.0 Å². The molecule has 0 nitrogen and oxygen atoms in total. The van der Waals surface area contributed by atoms with Crippen LogP contribution in [-0.4, -0.2) is 0 Å². The van der Waals surface area contributed by atoms with Crippen molar-refractivity contribution in [2.24, 2.45) is 0 Å². The molecule has 0 radical (unpaired) electrons. The zero-order valence-electron chi connectivity index (χ0n) is 15.9. The van der Waals surface area contributed by atoms with E-state index >= 15 is 0 Å². The smallest absolute Gasteiger partial charge is 0.0713 e. The Bertz CT molecular complexity index is 943. The first-order chi connectivity index (χ1) is 13.4. The van der Waals surface area contributed by atoms with Crippen molar-refractivity contribution in [3.63, 3.8) is 0 Å². The molecule has 1 aliphatic carbocycles. The largest absolute Gasteiger partial charge is 0.0776 e. The second-order valence-corrected chi connectivity index (χ2v) is 6.57. The van der Waals surface area contributed by atoms with Crippen molar-refractivity contribution in [1.29, 1.82) is 0 Å². The van der Waals surface area contributed by atoms with E-state index < -0.39 is 0 Å². The standard InChI is InChI=1S/C25H18.C2H6.4CH4/c1-3-11-19(12-4-1)25(20-13-5-2-6-14-20)23-17-9-7-15-21(23)22-16-8-10-18-24(22)25;1-2;;;;/h1-18H;1-2H3;4*1H4. The van der Waals surface area contributed by atoms with E-state index in [-0.39, 0.29) is 35.1 Å². The third-order valence-electron chi connectivity index (χ3n) is 5.37. The molecular weight excluding hydrogens is 372 g/mol. The van der Waals surface area contributed by atoms with Gasteiger partial charge < -0.3 is 0 Å². The highest BCUT2D eigenvalue weighted by Gasteiger charge is 2.45. The highest BCUT2D eigenvalue weighted by atomic mass is 14.5. The molecule has 5 rings (SSSR count). The van der Waals surface area contributed by atoms with Crippen LogP contribution in [0.2, 0.25) is 0 Å². The Morgan fingerprint density at radius 2 is 0.677 bits per heavy atom. The summed E-state index contributed by atoms with van der Waals surface area (Å²) in [5, 5.41) is 0. The fraction of sp³-hybridized carbons (Fsp3) is 0.226. The van der Waals surface area contributed by atoms with Gasteiger partial charge in [-0.15, -0.1) is 0 Å². The van der Waals surface area contributed by atoms with E-state index in [2.05, 4.69) is 109 Å². The molecule has 0 heterocycles. The second kappa shape index (κ2) is 11.9. The lowest BCUT2D eigenvalue weighted by Crippen LogP contribution is -2.28.